The van der Waals surface area contributed by atoms with E-state index in [2.05, 4.69) is 27.1 Å². The summed E-state index contributed by atoms with van der Waals surface area (Å²) >= 11 is 0. The first-order valence-corrected chi connectivity index (χ1v) is 6.89. The van der Waals surface area contributed by atoms with Gasteiger partial charge in [0.25, 0.3) is 0 Å². The van der Waals surface area contributed by atoms with Crippen molar-refractivity contribution >= 4 is 17.0 Å². The maximum atomic E-state index is 13.1. The number of benzene rings is 1. The monoisotopic (exact) mass is 262 g/mol. The fourth-order valence-electron chi connectivity index (χ4n) is 2.64. The lowest BCUT2D eigenvalue weighted by Gasteiger charge is -2.31. The zero-order valence-electron chi connectivity index (χ0n) is 11.1. The lowest BCUT2D eigenvalue weighted by atomic mass is 10.1. The number of aromatic amines is 1. The number of hydrogen-bond acceptors (Lipinski definition) is 3. The summed E-state index contributed by atoms with van der Waals surface area (Å²) in [5.74, 6) is 0.509. The van der Waals surface area contributed by atoms with Crippen LogP contribution in [0.5, 0.6) is 0 Å². The molecule has 19 heavy (non-hydrogen) atoms. The van der Waals surface area contributed by atoms with Crippen molar-refractivity contribution in [1.82, 2.24) is 14.9 Å². The first kappa shape index (κ1) is 12.4. The summed E-state index contributed by atoms with van der Waals surface area (Å²) in [5, 5.41) is 3.42. The molecule has 1 aromatic heterocycles. The van der Waals surface area contributed by atoms with Gasteiger partial charge in [-0.1, -0.05) is 6.92 Å². The van der Waals surface area contributed by atoms with Gasteiger partial charge in [0.15, 0.2) is 0 Å². The number of fused-ring (bicyclic) bond motifs is 1. The second-order valence-electron chi connectivity index (χ2n) is 5.10. The number of piperidine rings is 1. The molecular formula is C14H19FN4. The minimum Gasteiger partial charge on any atom is -0.353 e. The Balaban J connectivity index is 1.68. The molecule has 1 aliphatic rings. The molecule has 0 atom stereocenters. The second kappa shape index (κ2) is 5.17. The Bertz CT molecular complexity index is 558. The molecule has 1 saturated heterocycles. The Labute approximate surface area is 112 Å². The number of likely N-dealkylation sites (tertiary alicyclic amines) is 1. The van der Waals surface area contributed by atoms with Crippen LogP contribution in [0.4, 0.5) is 10.3 Å². The number of hydrogen-bond donors (Lipinski definition) is 2. The highest BCUT2D eigenvalue weighted by Crippen LogP contribution is 2.18. The molecule has 5 heteroatoms. The van der Waals surface area contributed by atoms with Crippen molar-refractivity contribution in [3.63, 3.8) is 0 Å². The summed E-state index contributed by atoms with van der Waals surface area (Å²) in [4.78, 5) is 10.0. The molecule has 1 aliphatic heterocycles. The maximum Gasteiger partial charge on any atom is 0.201 e. The first-order valence-electron chi connectivity index (χ1n) is 6.89. The Morgan fingerprint density at radius 2 is 2.21 bits per heavy atom. The molecule has 3 rings (SSSR count). The number of H-pyrrole nitrogens is 1. The van der Waals surface area contributed by atoms with Crippen molar-refractivity contribution < 1.29 is 4.39 Å². The summed E-state index contributed by atoms with van der Waals surface area (Å²) in [6.45, 7) is 5.57. The third-order valence-electron chi connectivity index (χ3n) is 3.82. The second-order valence-corrected chi connectivity index (χ2v) is 5.10. The molecular weight excluding hydrogens is 243 g/mol. The fraction of sp³-hybridized carbons (Fsp3) is 0.500. The third kappa shape index (κ3) is 2.71. The zero-order chi connectivity index (χ0) is 13.2. The van der Waals surface area contributed by atoms with Crippen molar-refractivity contribution in [2.24, 2.45) is 0 Å². The normalized spacial score (nSPS) is 18.0. The van der Waals surface area contributed by atoms with E-state index < -0.39 is 0 Å². The van der Waals surface area contributed by atoms with Gasteiger partial charge in [-0.15, -0.1) is 0 Å². The number of rotatable bonds is 3. The minimum absolute atomic E-state index is 0.237. The van der Waals surface area contributed by atoms with Crippen LogP contribution >= 0.6 is 0 Å². The van der Waals surface area contributed by atoms with E-state index in [1.54, 1.807) is 6.07 Å². The van der Waals surface area contributed by atoms with Crippen LogP contribution < -0.4 is 5.32 Å². The lowest BCUT2D eigenvalue weighted by molar-refractivity contribution is 0.229. The molecule has 0 radical (unpaired) electrons. The van der Waals surface area contributed by atoms with Crippen molar-refractivity contribution in [3.05, 3.63) is 24.0 Å². The summed E-state index contributed by atoms with van der Waals surface area (Å²) < 4.78 is 13.1. The van der Waals surface area contributed by atoms with Gasteiger partial charge in [0.2, 0.25) is 5.95 Å². The van der Waals surface area contributed by atoms with Crippen LogP contribution in [0.3, 0.4) is 0 Å². The molecule has 102 valence electrons. The van der Waals surface area contributed by atoms with Gasteiger partial charge in [0.05, 0.1) is 11.0 Å². The van der Waals surface area contributed by atoms with Crippen LogP contribution in [0.1, 0.15) is 19.8 Å². The van der Waals surface area contributed by atoms with Crippen molar-refractivity contribution in [1.29, 1.82) is 0 Å². The summed E-state index contributed by atoms with van der Waals surface area (Å²) in [6, 6.07) is 5.07. The molecule has 0 unspecified atom stereocenters. The fourth-order valence-corrected chi connectivity index (χ4v) is 2.64. The van der Waals surface area contributed by atoms with Crippen molar-refractivity contribution in [3.8, 4) is 0 Å². The highest BCUT2D eigenvalue weighted by molar-refractivity contribution is 5.77. The van der Waals surface area contributed by atoms with E-state index in [1.807, 2.05) is 0 Å². The largest absolute Gasteiger partial charge is 0.353 e. The number of nitrogens with zero attached hydrogens (tertiary/aromatic N) is 2. The van der Waals surface area contributed by atoms with E-state index in [9.17, 15) is 4.39 Å². The average Bonchev–Trinajstić information content (AvgIpc) is 2.81. The molecule has 4 nitrogen and oxygen atoms in total. The van der Waals surface area contributed by atoms with Crippen molar-refractivity contribution in [2.45, 2.75) is 25.8 Å². The highest BCUT2D eigenvalue weighted by Gasteiger charge is 2.18. The van der Waals surface area contributed by atoms with E-state index in [0.29, 0.717) is 6.04 Å². The first-order chi connectivity index (χ1) is 9.24. The van der Waals surface area contributed by atoms with Gasteiger partial charge in [-0.05, 0) is 37.6 Å². The molecule has 0 aliphatic carbocycles. The zero-order valence-corrected chi connectivity index (χ0v) is 11.1. The van der Waals surface area contributed by atoms with Crippen LogP contribution in [-0.4, -0.2) is 40.5 Å². The van der Waals surface area contributed by atoms with Crippen molar-refractivity contribution in [2.75, 3.05) is 25.0 Å². The van der Waals surface area contributed by atoms with Gasteiger partial charge in [-0.25, -0.2) is 9.37 Å². The van der Waals surface area contributed by atoms with Crippen LogP contribution in [-0.2, 0) is 0 Å². The number of aromatic nitrogens is 2. The van der Waals surface area contributed by atoms with E-state index in [-0.39, 0.29) is 5.82 Å². The van der Waals surface area contributed by atoms with Crippen LogP contribution in [0, 0.1) is 5.82 Å². The molecule has 2 N–H and O–H groups in total. The quantitative estimate of drug-likeness (QED) is 0.893. The van der Waals surface area contributed by atoms with Crippen LogP contribution in [0.25, 0.3) is 11.0 Å². The molecule has 0 amide bonds. The maximum absolute atomic E-state index is 13.1. The molecule has 0 saturated carbocycles. The number of nitrogens with one attached hydrogen (secondary N) is 2. The Hall–Kier alpha value is -1.62. The van der Waals surface area contributed by atoms with E-state index in [1.165, 1.54) is 12.1 Å². The Kier molecular flexibility index (Phi) is 3.38. The van der Waals surface area contributed by atoms with E-state index in [4.69, 9.17) is 0 Å². The Morgan fingerprint density at radius 3 is 2.95 bits per heavy atom. The summed E-state index contributed by atoms with van der Waals surface area (Å²) in [5.41, 5.74) is 1.54. The van der Waals surface area contributed by atoms with Crippen LogP contribution in [0.15, 0.2) is 18.2 Å². The number of imidazole rings is 1. The van der Waals surface area contributed by atoms with Gasteiger partial charge in [-0.2, -0.15) is 0 Å². The predicted octanol–water partition coefficient (Wildman–Crippen LogP) is 2.60. The average molecular weight is 262 g/mol. The van der Waals surface area contributed by atoms with Gasteiger partial charge < -0.3 is 15.2 Å². The summed E-state index contributed by atoms with van der Waals surface area (Å²) in [6.07, 6.45) is 2.25. The van der Waals surface area contributed by atoms with Crippen LogP contribution in [0.2, 0.25) is 0 Å². The lowest BCUT2D eigenvalue weighted by Crippen LogP contribution is -2.39. The molecule has 0 bridgehead atoms. The number of halogens is 1. The number of anilines is 1. The van der Waals surface area contributed by atoms with E-state index in [0.717, 1.165) is 49.5 Å². The molecule has 1 fully saturated rings. The predicted molar refractivity (Wildman–Crippen MR) is 74.8 cm³/mol. The van der Waals surface area contributed by atoms with Gasteiger partial charge in [0.1, 0.15) is 5.82 Å². The molecule has 0 spiro atoms. The minimum atomic E-state index is -0.237. The Morgan fingerprint density at radius 1 is 1.42 bits per heavy atom. The third-order valence-corrected chi connectivity index (χ3v) is 3.82. The van der Waals surface area contributed by atoms with E-state index >= 15 is 0 Å². The van der Waals surface area contributed by atoms with Gasteiger partial charge in [-0.3, -0.25) is 0 Å². The summed E-state index contributed by atoms with van der Waals surface area (Å²) in [7, 11) is 0. The SMILES string of the molecule is CCN1CCC(Nc2nc3ccc(F)cc3[nH]2)CC1. The topological polar surface area (TPSA) is 44.0 Å². The molecule has 2 aromatic rings. The molecule has 2 heterocycles. The standard InChI is InChI=1S/C14H19FN4/c1-2-19-7-5-11(6-8-19)16-14-17-12-4-3-10(15)9-13(12)18-14/h3-4,9,11H,2,5-8H2,1H3,(H2,16,17,18). The van der Waals surface area contributed by atoms with Gasteiger partial charge >= 0.3 is 0 Å². The van der Waals surface area contributed by atoms with Gasteiger partial charge in [0, 0.05) is 19.1 Å². The molecule has 1 aromatic carbocycles. The smallest absolute Gasteiger partial charge is 0.201 e. The highest BCUT2D eigenvalue weighted by atomic mass is 19.1.